The Balaban J connectivity index is 2.32. The quantitative estimate of drug-likeness (QED) is 0.628. The number of aryl methyl sites for hydroxylation is 2. The molecule has 0 radical (unpaired) electrons. The van der Waals surface area contributed by atoms with E-state index in [1.54, 1.807) is 0 Å². The second-order valence-electron chi connectivity index (χ2n) is 5.01. The van der Waals surface area contributed by atoms with Crippen LogP contribution in [0.1, 0.15) is 11.3 Å². The van der Waals surface area contributed by atoms with Crippen LogP contribution in [0.5, 0.6) is 0 Å². The molecule has 3 rings (SSSR count). The lowest BCUT2D eigenvalue weighted by Crippen LogP contribution is -1.95. The lowest BCUT2D eigenvalue weighted by atomic mass is 9.91. The molecule has 0 fully saturated rings. The number of hydrogen-bond donors (Lipinski definition) is 0. The third-order valence-corrected chi connectivity index (χ3v) is 3.58. The molecule has 0 amide bonds. The Morgan fingerprint density at radius 3 is 1.70 bits per heavy atom. The third-order valence-electron chi connectivity index (χ3n) is 3.58. The molecule has 0 aliphatic heterocycles. The minimum atomic E-state index is 1.07. The zero-order valence-electron chi connectivity index (χ0n) is 11.8. The second kappa shape index (κ2) is 5.30. The van der Waals surface area contributed by atoms with E-state index in [0.717, 1.165) is 5.69 Å². The highest BCUT2D eigenvalue weighted by Crippen LogP contribution is 2.35. The van der Waals surface area contributed by atoms with Crippen LogP contribution < -0.4 is 0 Å². The van der Waals surface area contributed by atoms with Crippen LogP contribution in [0.25, 0.3) is 22.3 Å². The van der Waals surface area contributed by atoms with Crippen LogP contribution in [-0.4, -0.2) is 4.98 Å². The predicted octanol–water partition coefficient (Wildman–Crippen LogP) is 5.03. The van der Waals surface area contributed by atoms with Crippen molar-refractivity contribution in [1.29, 1.82) is 0 Å². The van der Waals surface area contributed by atoms with Crippen LogP contribution in [0.4, 0.5) is 0 Å². The van der Waals surface area contributed by atoms with Crippen LogP contribution in [0.2, 0.25) is 0 Å². The molecule has 0 N–H and O–H groups in total. The van der Waals surface area contributed by atoms with Gasteiger partial charge in [-0.3, -0.25) is 4.98 Å². The van der Waals surface area contributed by atoms with Crippen molar-refractivity contribution in [1.82, 2.24) is 4.98 Å². The topological polar surface area (TPSA) is 12.9 Å². The molecular weight excluding hydrogens is 242 g/mol. The van der Waals surface area contributed by atoms with Gasteiger partial charge in [0.25, 0.3) is 0 Å². The van der Waals surface area contributed by atoms with Crippen LogP contribution >= 0.6 is 0 Å². The van der Waals surface area contributed by atoms with Crippen molar-refractivity contribution in [2.75, 3.05) is 0 Å². The van der Waals surface area contributed by atoms with Crippen molar-refractivity contribution in [2.24, 2.45) is 0 Å². The van der Waals surface area contributed by atoms with E-state index in [1.807, 2.05) is 12.3 Å². The number of aromatic nitrogens is 1. The average molecular weight is 259 g/mol. The van der Waals surface area contributed by atoms with Crippen LogP contribution in [-0.2, 0) is 0 Å². The average Bonchev–Trinajstić information content (AvgIpc) is 2.51. The molecule has 2 aromatic carbocycles. The van der Waals surface area contributed by atoms with Gasteiger partial charge in [0, 0.05) is 17.5 Å². The first-order chi connectivity index (χ1) is 9.77. The second-order valence-corrected chi connectivity index (χ2v) is 5.01. The van der Waals surface area contributed by atoms with E-state index in [0.29, 0.717) is 0 Å². The van der Waals surface area contributed by atoms with Crippen molar-refractivity contribution in [3.63, 3.8) is 0 Å². The number of pyridine rings is 1. The summed E-state index contributed by atoms with van der Waals surface area (Å²) in [6.07, 6.45) is 1.96. The largest absolute Gasteiger partial charge is 0.261 e. The molecule has 0 aliphatic rings. The van der Waals surface area contributed by atoms with Gasteiger partial charge in [0.15, 0.2) is 0 Å². The minimum absolute atomic E-state index is 1.07. The van der Waals surface area contributed by atoms with Gasteiger partial charge in [-0.1, -0.05) is 60.7 Å². The zero-order valence-corrected chi connectivity index (χ0v) is 11.8. The normalized spacial score (nSPS) is 10.5. The highest BCUT2D eigenvalue weighted by atomic mass is 14.7. The molecule has 0 saturated heterocycles. The summed E-state index contributed by atoms with van der Waals surface area (Å²) >= 11 is 0. The summed E-state index contributed by atoms with van der Waals surface area (Å²) in [6.45, 7) is 4.20. The van der Waals surface area contributed by atoms with E-state index in [2.05, 4.69) is 73.4 Å². The monoisotopic (exact) mass is 259 g/mol. The van der Waals surface area contributed by atoms with Crippen molar-refractivity contribution in [3.8, 4) is 22.3 Å². The predicted molar refractivity (Wildman–Crippen MR) is 84.6 cm³/mol. The van der Waals surface area contributed by atoms with Gasteiger partial charge >= 0.3 is 0 Å². The highest BCUT2D eigenvalue weighted by molar-refractivity contribution is 5.86. The Kier molecular flexibility index (Phi) is 3.34. The number of benzene rings is 2. The molecule has 98 valence electrons. The maximum absolute atomic E-state index is 4.54. The van der Waals surface area contributed by atoms with E-state index in [4.69, 9.17) is 0 Å². The van der Waals surface area contributed by atoms with Crippen LogP contribution in [0, 0.1) is 13.8 Å². The molecule has 3 aromatic rings. The zero-order chi connectivity index (χ0) is 13.9. The Morgan fingerprint density at radius 1 is 0.650 bits per heavy atom. The summed E-state index contributed by atoms with van der Waals surface area (Å²) in [6, 6.07) is 21.0. The van der Waals surface area contributed by atoms with Gasteiger partial charge < -0.3 is 0 Å². The Bertz CT molecular complexity index is 651. The van der Waals surface area contributed by atoms with Gasteiger partial charge in [-0.15, -0.1) is 0 Å². The van der Waals surface area contributed by atoms with Gasteiger partial charge in [-0.05, 0) is 36.1 Å². The number of nitrogens with zero attached hydrogens (tertiary/aromatic N) is 1. The maximum Gasteiger partial charge on any atom is 0.0457 e. The van der Waals surface area contributed by atoms with Gasteiger partial charge in [0.2, 0.25) is 0 Å². The first kappa shape index (κ1) is 12.6. The van der Waals surface area contributed by atoms with Crippen LogP contribution in [0.15, 0.2) is 66.9 Å². The van der Waals surface area contributed by atoms with Gasteiger partial charge in [-0.25, -0.2) is 0 Å². The summed E-state index contributed by atoms with van der Waals surface area (Å²) in [5, 5.41) is 0. The molecule has 0 unspecified atom stereocenters. The highest BCUT2D eigenvalue weighted by Gasteiger charge is 2.13. The molecular formula is C19H17N. The summed E-state index contributed by atoms with van der Waals surface area (Å²) in [4.78, 5) is 4.54. The molecule has 0 bridgehead atoms. The molecule has 0 spiro atoms. The molecule has 1 heteroatoms. The maximum atomic E-state index is 4.54. The molecule has 1 aromatic heterocycles. The molecule has 0 saturated carbocycles. The van der Waals surface area contributed by atoms with Crippen molar-refractivity contribution >= 4 is 0 Å². The van der Waals surface area contributed by atoms with E-state index >= 15 is 0 Å². The van der Waals surface area contributed by atoms with Gasteiger partial charge in [0.1, 0.15) is 0 Å². The standard InChI is InChI=1S/C19H17N/c1-14-13-20-15(2)19(17-11-7-4-8-12-17)18(14)16-9-5-3-6-10-16/h3-13H,1-2H3. The number of rotatable bonds is 2. The Morgan fingerprint density at radius 2 is 1.15 bits per heavy atom. The SMILES string of the molecule is Cc1cnc(C)c(-c2ccccc2)c1-c1ccccc1. The summed E-state index contributed by atoms with van der Waals surface area (Å²) < 4.78 is 0. The van der Waals surface area contributed by atoms with E-state index < -0.39 is 0 Å². The summed E-state index contributed by atoms with van der Waals surface area (Å²) in [5.74, 6) is 0. The molecule has 0 aliphatic carbocycles. The fourth-order valence-corrected chi connectivity index (χ4v) is 2.64. The third kappa shape index (κ3) is 2.23. The lowest BCUT2D eigenvalue weighted by Gasteiger charge is -2.15. The van der Waals surface area contributed by atoms with Crippen molar-refractivity contribution < 1.29 is 0 Å². The summed E-state index contributed by atoms with van der Waals surface area (Å²) in [7, 11) is 0. The minimum Gasteiger partial charge on any atom is -0.261 e. The van der Waals surface area contributed by atoms with E-state index in [9.17, 15) is 0 Å². The molecule has 1 nitrogen and oxygen atoms in total. The first-order valence-corrected chi connectivity index (χ1v) is 6.84. The Hall–Kier alpha value is -2.41. The van der Waals surface area contributed by atoms with Gasteiger partial charge in [-0.2, -0.15) is 0 Å². The van der Waals surface area contributed by atoms with Crippen LogP contribution in [0.3, 0.4) is 0 Å². The molecule has 0 atom stereocenters. The van der Waals surface area contributed by atoms with Crippen molar-refractivity contribution in [2.45, 2.75) is 13.8 Å². The molecule has 1 heterocycles. The smallest absolute Gasteiger partial charge is 0.0457 e. The van der Waals surface area contributed by atoms with Gasteiger partial charge in [0.05, 0.1) is 0 Å². The Labute approximate surface area is 119 Å². The first-order valence-electron chi connectivity index (χ1n) is 6.84. The molecule has 20 heavy (non-hydrogen) atoms. The fourth-order valence-electron chi connectivity index (χ4n) is 2.64. The lowest BCUT2D eigenvalue weighted by molar-refractivity contribution is 1.17. The fraction of sp³-hybridized carbons (Fsp3) is 0.105. The van der Waals surface area contributed by atoms with E-state index in [-0.39, 0.29) is 0 Å². The summed E-state index contributed by atoms with van der Waals surface area (Å²) in [5.41, 5.74) is 7.26. The number of hydrogen-bond acceptors (Lipinski definition) is 1. The van der Waals surface area contributed by atoms with Crippen molar-refractivity contribution in [3.05, 3.63) is 78.1 Å². The van der Waals surface area contributed by atoms with E-state index in [1.165, 1.54) is 27.8 Å².